The Balaban J connectivity index is 2.23. The molecule has 32 heavy (non-hydrogen) atoms. The second kappa shape index (κ2) is 11.5. The number of carbonyl (C=O) groups is 5. The molecule has 2 rings (SSSR count). The lowest BCUT2D eigenvalue weighted by Gasteiger charge is -2.22. The van der Waals surface area contributed by atoms with Gasteiger partial charge in [0.2, 0.25) is 23.6 Å². The minimum absolute atomic E-state index is 0.0502. The van der Waals surface area contributed by atoms with Crippen LogP contribution >= 0.6 is 0 Å². The van der Waals surface area contributed by atoms with Crippen molar-refractivity contribution in [2.24, 2.45) is 11.5 Å². The Kier molecular flexibility index (Phi) is 8.72. The van der Waals surface area contributed by atoms with E-state index in [1.165, 1.54) is 0 Å². The lowest BCUT2D eigenvalue weighted by Crippen LogP contribution is -2.55. The minimum atomic E-state index is -1.25. The molecule has 1 aromatic carbocycles. The second-order valence-electron chi connectivity index (χ2n) is 7.07. The summed E-state index contributed by atoms with van der Waals surface area (Å²) in [5.74, 6) is -3.99. The van der Waals surface area contributed by atoms with E-state index in [9.17, 15) is 24.0 Å². The topological polar surface area (TPSA) is 209 Å². The maximum Gasteiger partial charge on any atom is 0.322 e. The van der Waals surface area contributed by atoms with Gasteiger partial charge >= 0.3 is 5.97 Å². The van der Waals surface area contributed by atoms with Crippen LogP contribution in [0.5, 0.6) is 0 Å². The number of benzene rings is 1. The third-order valence-electron chi connectivity index (χ3n) is 4.66. The Morgan fingerprint density at radius 1 is 1.03 bits per heavy atom. The molecule has 9 N–H and O–H groups in total. The number of primary amides is 1. The molecule has 0 bridgehead atoms. The van der Waals surface area contributed by atoms with Gasteiger partial charge in [0.15, 0.2) is 0 Å². The Morgan fingerprint density at radius 3 is 2.41 bits per heavy atom. The number of H-pyrrole nitrogens is 1. The van der Waals surface area contributed by atoms with Crippen molar-refractivity contribution in [2.75, 3.05) is 13.1 Å². The molecule has 0 fully saturated rings. The highest BCUT2D eigenvalue weighted by atomic mass is 16.4. The van der Waals surface area contributed by atoms with Gasteiger partial charge in [0.05, 0.1) is 6.54 Å². The van der Waals surface area contributed by atoms with Crippen molar-refractivity contribution in [3.8, 4) is 0 Å². The SMILES string of the molecule is NCC(=O)NC(CCC(N)=O)C(=O)NC(Cc1c[nH]c2ccccc12)C(=O)NCC(=O)O. The van der Waals surface area contributed by atoms with E-state index < -0.39 is 48.2 Å². The summed E-state index contributed by atoms with van der Waals surface area (Å²) >= 11 is 0. The zero-order valence-electron chi connectivity index (χ0n) is 17.2. The predicted octanol–water partition coefficient (Wildman–Crippen LogP) is -1.89. The van der Waals surface area contributed by atoms with Crippen LogP contribution in [0.15, 0.2) is 30.5 Å². The van der Waals surface area contributed by atoms with Gasteiger partial charge < -0.3 is 37.5 Å². The maximum absolute atomic E-state index is 12.8. The van der Waals surface area contributed by atoms with Gasteiger partial charge in [-0.1, -0.05) is 18.2 Å². The number of carbonyl (C=O) groups excluding carboxylic acids is 4. The zero-order valence-corrected chi connectivity index (χ0v) is 17.2. The number of para-hydroxylation sites is 1. The summed E-state index contributed by atoms with van der Waals surface area (Å²) in [6.07, 6.45) is 1.47. The fraction of sp³-hybridized carbons (Fsp3) is 0.350. The number of nitrogens with one attached hydrogen (secondary N) is 4. The van der Waals surface area contributed by atoms with Gasteiger partial charge in [-0.05, 0) is 18.1 Å². The van der Waals surface area contributed by atoms with E-state index in [0.717, 1.165) is 16.5 Å². The van der Waals surface area contributed by atoms with E-state index >= 15 is 0 Å². The summed E-state index contributed by atoms with van der Waals surface area (Å²) in [4.78, 5) is 62.2. The molecule has 2 aromatic rings. The normalized spacial score (nSPS) is 12.5. The molecule has 0 saturated carbocycles. The van der Waals surface area contributed by atoms with E-state index in [-0.39, 0.29) is 25.8 Å². The number of rotatable bonds is 12. The summed E-state index contributed by atoms with van der Waals surface area (Å²) in [6, 6.07) is 5.04. The van der Waals surface area contributed by atoms with Crippen molar-refractivity contribution in [1.82, 2.24) is 20.9 Å². The number of aromatic nitrogens is 1. The number of aromatic amines is 1. The standard InChI is InChI=1S/C20H26N6O6/c21-8-17(28)25-14(5-6-16(22)27)20(32)26-15(19(31)24-10-18(29)30)7-11-9-23-13-4-2-1-3-12(11)13/h1-4,9,14-15,23H,5-8,10,21H2,(H2,22,27)(H,24,31)(H,25,28)(H,26,32)(H,29,30). The molecule has 4 amide bonds. The molecule has 2 atom stereocenters. The molecule has 0 aliphatic carbocycles. The summed E-state index contributed by atoms with van der Waals surface area (Å²) in [5.41, 5.74) is 12.0. The van der Waals surface area contributed by atoms with Crippen molar-refractivity contribution >= 4 is 40.5 Å². The van der Waals surface area contributed by atoms with E-state index in [2.05, 4.69) is 20.9 Å². The van der Waals surface area contributed by atoms with Gasteiger partial charge in [-0.15, -0.1) is 0 Å². The van der Waals surface area contributed by atoms with Crippen LogP contribution in [-0.2, 0) is 30.4 Å². The van der Waals surface area contributed by atoms with Crippen LogP contribution in [0.4, 0.5) is 0 Å². The highest BCUT2D eigenvalue weighted by Gasteiger charge is 2.28. The third kappa shape index (κ3) is 7.09. The Hall–Kier alpha value is -3.93. The number of carboxylic acid groups (broad SMARTS) is 1. The van der Waals surface area contributed by atoms with Crippen molar-refractivity contribution in [3.63, 3.8) is 0 Å². The molecular weight excluding hydrogens is 420 g/mol. The number of aliphatic carboxylic acids is 1. The lowest BCUT2D eigenvalue weighted by atomic mass is 10.0. The molecule has 0 radical (unpaired) electrons. The average Bonchev–Trinajstić information content (AvgIpc) is 3.16. The van der Waals surface area contributed by atoms with Crippen molar-refractivity contribution < 1.29 is 29.1 Å². The van der Waals surface area contributed by atoms with Crippen molar-refractivity contribution in [3.05, 3.63) is 36.0 Å². The quantitative estimate of drug-likeness (QED) is 0.197. The van der Waals surface area contributed by atoms with E-state index in [4.69, 9.17) is 16.6 Å². The third-order valence-corrected chi connectivity index (χ3v) is 4.66. The van der Waals surface area contributed by atoms with Gasteiger partial charge in [-0.25, -0.2) is 0 Å². The van der Waals surface area contributed by atoms with Gasteiger partial charge in [0.25, 0.3) is 0 Å². The first kappa shape index (κ1) is 24.3. The van der Waals surface area contributed by atoms with Gasteiger partial charge in [0, 0.05) is 29.9 Å². The molecule has 0 spiro atoms. The number of hydrogen-bond donors (Lipinski definition) is 7. The molecule has 0 aliphatic heterocycles. The predicted molar refractivity (Wildman–Crippen MR) is 114 cm³/mol. The zero-order chi connectivity index (χ0) is 23.7. The van der Waals surface area contributed by atoms with Crippen LogP contribution in [0.1, 0.15) is 18.4 Å². The largest absolute Gasteiger partial charge is 0.480 e. The Labute approximate surface area is 183 Å². The fourth-order valence-corrected chi connectivity index (χ4v) is 3.10. The van der Waals surface area contributed by atoms with E-state index in [1.54, 1.807) is 6.20 Å². The van der Waals surface area contributed by atoms with Gasteiger partial charge in [-0.2, -0.15) is 0 Å². The summed E-state index contributed by atoms with van der Waals surface area (Å²) < 4.78 is 0. The number of hydrogen-bond acceptors (Lipinski definition) is 6. The summed E-state index contributed by atoms with van der Waals surface area (Å²) in [5, 5.41) is 16.8. The summed E-state index contributed by atoms with van der Waals surface area (Å²) in [6.45, 7) is -1.01. The molecule has 12 heteroatoms. The number of nitrogens with two attached hydrogens (primary N) is 2. The molecular formula is C20H26N6O6. The molecule has 0 aliphatic rings. The average molecular weight is 446 g/mol. The molecule has 1 heterocycles. The van der Waals surface area contributed by atoms with E-state index in [0.29, 0.717) is 0 Å². The second-order valence-corrected chi connectivity index (χ2v) is 7.07. The number of amides is 4. The molecule has 12 nitrogen and oxygen atoms in total. The van der Waals surface area contributed by atoms with Gasteiger partial charge in [-0.3, -0.25) is 24.0 Å². The van der Waals surface area contributed by atoms with Gasteiger partial charge in [0.1, 0.15) is 18.6 Å². The fourth-order valence-electron chi connectivity index (χ4n) is 3.10. The monoisotopic (exact) mass is 446 g/mol. The lowest BCUT2D eigenvalue weighted by molar-refractivity contribution is -0.138. The van der Waals surface area contributed by atoms with Crippen LogP contribution in [-0.4, -0.2) is 64.9 Å². The number of carboxylic acids is 1. The highest BCUT2D eigenvalue weighted by molar-refractivity contribution is 5.94. The Bertz CT molecular complexity index is 1000. The molecule has 172 valence electrons. The first-order valence-corrected chi connectivity index (χ1v) is 9.83. The minimum Gasteiger partial charge on any atom is -0.480 e. The van der Waals surface area contributed by atoms with Crippen LogP contribution < -0.4 is 27.4 Å². The van der Waals surface area contributed by atoms with Crippen LogP contribution in [0.2, 0.25) is 0 Å². The Morgan fingerprint density at radius 2 is 1.75 bits per heavy atom. The van der Waals surface area contributed by atoms with Crippen LogP contribution in [0, 0.1) is 0 Å². The molecule has 1 aromatic heterocycles. The smallest absolute Gasteiger partial charge is 0.322 e. The van der Waals surface area contributed by atoms with Crippen LogP contribution in [0.3, 0.4) is 0 Å². The van der Waals surface area contributed by atoms with Crippen molar-refractivity contribution in [1.29, 1.82) is 0 Å². The highest BCUT2D eigenvalue weighted by Crippen LogP contribution is 2.19. The van der Waals surface area contributed by atoms with Crippen LogP contribution in [0.25, 0.3) is 10.9 Å². The number of fused-ring (bicyclic) bond motifs is 1. The first-order valence-electron chi connectivity index (χ1n) is 9.83. The first-order chi connectivity index (χ1) is 15.2. The van der Waals surface area contributed by atoms with Crippen molar-refractivity contribution in [2.45, 2.75) is 31.3 Å². The summed E-state index contributed by atoms with van der Waals surface area (Å²) in [7, 11) is 0. The molecule has 2 unspecified atom stereocenters. The molecule has 0 saturated heterocycles. The van der Waals surface area contributed by atoms with E-state index in [1.807, 2.05) is 24.3 Å². The maximum atomic E-state index is 12.8.